The number of piperidine rings is 2. The van der Waals surface area contributed by atoms with Gasteiger partial charge in [0, 0.05) is 57.4 Å². The Hall–Kier alpha value is -3.24. The number of nitrogens with zero attached hydrogens (tertiary/aromatic N) is 5. The molecule has 4 heterocycles. The van der Waals surface area contributed by atoms with E-state index in [-0.39, 0.29) is 30.6 Å². The molecule has 3 aliphatic rings. The molecule has 1 aromatic carbocycles. The lowest BCUT2D eigenvalue weighted by Crippen LogP contribution is -2.56. The standard InChI is InChI=1S/C29H40N6O4/c1-29(2,3)39-28(38)33-13-9-22(10-14-33)32-26-16-23(30-19-31-26)27(37)35-15-11-24(25(36)18-35)34-12-8-20-6-4-5-7-21(20)17-34/h4-7,16,19,22,24-25,36H,8-15,17-18H2,1-3H3,(H,30,31,32)/t24-,25-/m0/s1. The number of likely N-dealkylation sites (tertiary alicyclic amines) is 2. The molecule has 2 atom stereocenters. The Bertz CT molecular complexity index is 1180. The summed E-state index contributed by atoms with van der Waals surface area (Å²) in [5.74, 6) is 0.396. The van der Waals surface area contributed by atoms with E-state index in [4.69, 9.17) is 4.74 Å². The first-order valence-corrected chi connectivity index (χ1v) is 14.0. The van der Waals surface area contributed by atoms with E-state index < -0.39 is 11.7 Å². The lowest BCUT2D eigenvalue weighted by Gasteiger charge is -2.43. The Morgan fingerprint density at radius 1 is 1.00 bits per heavy atom. The Balaban J connectivity index is 1.13. The summed E-state index contributed by atoms with van der Waals surface area (Å²) in [6, 6.07) is 10.3. The molecule has 0 spiro atoms. The summed E-state index contributed by atoms with van der Waals surface area (Å²) < 4.78 is 5.48. The zero-order valence-electron chi connectivity index (χ0n) is 23.2. The van der Waals surface area contributed by atoms with Gasteiger partial charge in [-0.1, -0.05) is 24.3 Å². The number of benzene rings is 1. The summed E-state index contributed by atoms with van der Waals surface area (Å²) in [7, 11) is 0. The molecule has 2 N–H and O–H groups in total. The van der Waals surface area contributed by atoms with Crippen LogP contribution in [0.15, 0.2) is 36.7 Å². The van der Waals surface area contributed by atoms with E-state index in [1.54, 1.807) is 15.9 Å². The first-order chi connectivity index (χ1) is 18.7. The minimum absolute atomic E-state index is 0.0385. The molecular formula is C29H40N6O4. The van der Waals surface area contributed by atoms with Gasteiger partial charge in [0.15, 0.2) is 0 Å². The van der Waals surface area contributed by atoms with E-state index in [2.05, 4.69) is 44.5 Å². The second-order valence-electron chi connectivity index (χ2n) is 11.8. The van der Waals surface area contributed by atoms with Crippen LogP contribution in [0.3, 0.4) is 0 Å². The average molecular weight is 537 g/mol. The van der Waals surface area contributed by atoms with Gasteiger partial charge in [0.2, 0.25) is 0 Å². The molecule has 2 aromatic rings. The number of rotatable bonds is 4. The van der Waals surface area contributed by atoms with Crippen molar-refractivity contribution in [3.8, 4) is 0 Å². The van der Waals surface area contributed by atoms with Crippen molar-refractivity contribution >= 4 is 17.8 Å². The lowest BCUT2D eigenvalue weighted by atomic mass is 9.94. The number of hydrogen-bond donors (Lipinski definition) is 2. The first-order valence-electron chi connectivity index (χ1n) is 14.0. The number of carbonyl (C=O) groups is 2. The second kappa shape index (κ2) is 11.5. The number of nitrogens with one attached hydrogen (secondary N) is 1. The van der Waals surface area contributed by atoms with Crippen LogP contribution in [0.1, 0.15) is 61.6 Å². The predicted molar refractivity (Wildman–Crippen MR) is 147 cm³/mol. The number of β-amino-alcohol motifs (C(OH)–C–C–N with tert-alkyl or cyclic N) is 1. The van der Waals surface area contributed by atoms with Crippen LogP contribution in [0, 0.1) is 0 Å². The predicted octanol–water partition coefficient (Wildman–Crippen LogP) is 2.92. The third kappa shape index (κ3) is 6.67. The van der Waals surface area contributed by atoms with Crippen molar-refractivity contribution in [2.24, 2.45) is 0 Å². The molecule has 0 aliphatic carbocycles. The molecule has 0 radical (unpaired) electrons. The highest BCUT2D eigenvalue weighted by Gasteiger charge is 2.36. The molecule has 10 nitrogen and oxygen atoms in total. The van der Waals surface area contributed by atoms with E-state index in [1.165, 1.54) is 17.5 Å². The van der Waals surface area contributed by atoms with Gasteiger partial charge < -0.3 is 25.0 Å². The molecule has 210 valence electrons. The van der Waals surface area contributed by atoms with Gasteiger partial charge in [0.25, 0.3) is 5.91 Å². The van der Waals surface area contributed by atoms with Crippen molar-refractivity contribution in [1.29, 1.82) is 0 Å². The molecule has 39 heavy (non-hydrogen) atoms. The number of hydrogen-bond acceptors (Lipinski definition) is 8. The summed E-state index contributed by atoms with van der Waals surface area (Å²) in [4.78, 5) is 40.0. The maximum absolute atomic E-state index is 13.3. The van der Waals surface area contributed by atoms with Crippen LogP contribution in [-0.2, 0) is 17.7 Å². The van der Waals surface area contributed by atoms with E-state index in [1.807, 2.05) is 20.8 Å². The number of aliphatic hydroxyl groups is 1. The maximum atomic E-state index is 13.3. The van der Waals surface area contributed by atoms with Gasteiger partial charge in [-0.3, -0.25) is 9.69 Å². The fourth-order valence-corrected chi connectivity index (χ4v) is 5.79. The van der Waals surface area contributed by atoms with Crippen LogP contribution in [0.5, 0.6) is 0 Å². The van der Waals surface area contributed by atoms with Crippen LogP contribution in [0.25, 0.3) is 0 Å². The third-order valence-corrected chi connectivity index (χ3v) is 7.85. The maximum Gasteiger partial charge on any atom is 0.410 e. The Labute approximate surface area is 230 Å². The highest BCUT2D eigenvalue weighted by atomic mass is 16.6. The van der Waals surface area contributed by atoms with Gasteiger partial charge in [-0.25, -0.2) is 14.8 Å². The molecule has 0 bridgehead atoms. The molecule has 2 fully saturated rings. The van der Waals surface area contributed by atoms with Gasteiger partial charge in [0.1, 0.15) is 23.4 Å². The fraction of sp³-hybridized carbons (Fsp3) is 0.586. The monoisotopic (exact) mass is 536 g/mol. The molecule has 3 aliphatic heterocycles. The largest absolute Gasteiger partial charge is 0.444 e. The summed E-state index contributed by atoms with van der Waals surface area (Å²) in [5, 5.41) is 14.4. The van der Waals surface area contributed by atoms with Gasteiger partial charge in [-0.2, -0.15) is 0 Å². The zero-order valence-corrected chi connectivity index (χ0v) is 23.2. The topological polar surface area (TPSA) is 111 Å². The number of ether oxygens (including phenoxy) is 1. The highest BCUT2D eigenvalue weighted by Crippen LogP contribution is 2.26. The van der Waals surface area contributed by atoms with Crippen LogP contribution >= 0.6 is 0 Å². The smallest absolute Gasteiger partial charge is 0.410 e. The number of amides is 2. The lowest BCUT2D eigenvalue weighted by molar-refractivity contribution is -0.0139. The Morgan fingerprint density at radius 3 is 2.44 bits per heavy atom. The minimum atomic E-state index is -0.609. The molecule has 2 amide bonds. The normalized spacial score (nSPS) is 22.8. The first kappa shape index (κ1) is 27.3. The van der Waals surface area contributed by atoms with Crippen LogP contribution in [-0.4, -0.2) is 98.3 Å². The van der Waals surface area contributed by atoms with Crippen LogP contribution in [0.2, 0.25) is 0 Å². The van der Waals surface area contributed by atoms with Crippen molar-refractivity contribution < 1.29 is 19.4 Å². The van der Waals surface area contributed by atoms with Crippen molar-refractivity contribution in [3.05, 3.63) is 53.5 Å². The fourth-order valence-electron chi connectivity index (χ4n) is 5.79. The average Bonchev–Trinajstić information content (AvgIpc) is 2.92. The van der Waals surface area contributed by atoms with Crippen molar-refractivity contribution in [1.82, 2.24) is 24.7 Å². The number of fused-ring (bicyclic) bond motifs is 1. The van der Waals surface area contributed by atoms with Crippen molar-refractivity contribution in [3.63, 3.8) is 0 Å². The summed E-state index contributed by atoms with van der Waals surface area (Å²) >= 11 is 0. The van der Waals surface area contributed by atoms with Gasteiger partial charge >= 0.3 is 6.09 Å². The van der Waals surface area contributed by atoms with E-state index in [9.17, 15) is 14.7 Å². The van der Waals surface area contributed by atoms with E-state index in [0.717, 1.165) is 38.8 Å². The van der Waals surface area contributed by atoms with Crippen molar-refractivity contribution in [2.45, 2.75) is 76.8 Å². The minimum Gasteiger partial charge on any atom is -0.444 e. The number of carbonyl (C=O) groups excluding carboxylic acids is 2. The van der Waals surface area contributed by atoms with Crippen molar-refractivity contribution in [2.75, 3.05) is 38.0 Å². The summed E-state index contributed by atoms with van der Waals surface area (Å²) in [5.41, 5.74) is 2.51. The van der Waals surface area contributed by atoms with Gasteiger partial charge in [0.05, 0.1) is 6.10 Å². The molecule has 0 unspecified atom stereocenters. The highest BCUT2D eigenvalue weighted by molar-refractivity contribution is 5.93. The molecular weight excluding hydrogens is 496 g/mol. The van der Waals surface area contributed by atoms with Gasteiger partial charge in [-0.15, -0.1) is 0 Å². The quantitative estimate of drug-likeness (QED) is 0.614. The molecule has 0 saturated carbocycles. The molecule has 1 aromatic heterocycles. The molecule has 5 rings (SSSR count). The molecule has 10 heteroatoms. The Kier molecular flexibility index (Phi) is 8.04. The zero-order chi connectivity index (χ0) is 27.6. The van der Waals surface area contributed by atoms with E-state index >= 15 is 0 Å². The van der Waals surface area contributed by atoms with Crippen LogP contribution < -0.4 is 5.32 Å². The Morgan fingerprint density at radius 2 is 1.72 bits per heavy atom. The molecule has 2 saturated heterocycles. The van der Waals surface area contributed by atoms with Crippen LogP contribution in [0.4, 0.5) is 10.6 Å². The number of aliphatic hydroxyl groups excluding tert-OH is 1. The van der Waals surface area contributed by atoms with Gasteiger partial charge in [-0.05, 0) is 57.6 Å². The third-order valence-electron chi connectivity index (χ3n) is 7.85. The summed E-state index contributed by atoms with van der Waals surface area (Å²) in [6.07, 6.45) is 3.73. The SMILES string of the molecule is CC(C)(C)OC(=O)N1CCC(Nc2cc(C(=O)N3CC[C@H](N4CCc5ccccc5C4)[C@@H](O)C3)ncn2)CC1. The second-order valence-corrected chi connectivity index (χ2v) is 11.8. The van der Waals surface area contributed by atoms with E-state index in [0.29, 0.717) is 31.1 Å². The number of aromatic nitrogens is 2. The number of anilines is 1. The summed E-state index contributed by atoms with van der Waals surface area (Å²) in [6.45, 7) is 9.41.